The van der Waals surface area contributed by atoms with Gasteiger partial charge in [-0.3, -0.25) is 9.78 Å². The molecule has 1 amide bonds. The maximum absolute atomic E-state index is 11.3. The topological polar surface area (TPSA) is 45.2 Å². The number of hydrogen-bond acceptors (Lipinski definition) is 3. The quantitative estimate of drug-likeness (QED) is 0.850. The Balaban J connectivity index is 1.82. The number of aryl methyl sites for hydroxylation is 1. The van der Waals surface area contributed by atoms with Gasteiger partial charge >= 0.3 is 0 Å². The number of likely N-dealkylation sites (tertiary alicyclic amines) is 1. The van der Waals surface area contributed by atoms with Crippen LogP contribution in [0.25, 0.3) is 0 Å². The highest BCUT2D eigenvalue weighted by molar-refractivity contribution is 5.76. The number of nitrogens with one attached hydrogen (secondary N) is 1. The van der Waals surface area contributed by atoms with Gasteiger partial charge in [-0.1, -0.05) is 6.07 Å². The van der Waals surface area contributed by atoms with Gasteiger partial charge in [0.1, 0.15) is 0 Å². The maximum atomic E-state index is 11.3. The van der Waals surface area contributed by atoms with Crippen molar-refractivity contribution in [2.24, 2.45) is 0 Å². The first kappa shape index (κ1) is 12.0. The minimum atomic E-state index is 0.247. The Morgan fingerprint density at radius 2 is 2.35 bits per heavy atom. The van der Waals surface area contributed by atoms with Gasteiger partial charge in [-0.15, -0.1) is 0 Å². The number of hydrogen-bond donors (Lipinski definition) is 1. The summed E-state index contributed by atoms with van der Waals surface area (Å²) in [5.41, 5.74) is 2.23. The first-order chi connectivity index (χ1) is 8.15. The molecule has 0 aromatic carbocycles. The molecule has 1 aliphatic heterocycles. The first-order valence-electron chi connectivity index (χ1n) is 6.04. The second-order valence-corrected chi connectivity index (χ2v) is 4.72. The van der Waals surface area contributed by atoms with Gasteiger partial charge in [0.15, 0.2) is 0 Å². The first-order valence-corrected chi connectivity index (χ1v) is 6.04. The zero-order valence-corrected chi connectivity index (χ0v) is 10.4. The van der Waals surface area contributed by atoms with Gasteiger partial charge in [0, 0.05) is 38.8 Å². The third kappa shape index (κ3) is 3.27. The molecular weight excluding hydrogens is 214 g/mol. The van der Waals surface area contributed by atoms with Gasteiger partial charge in [-0.05, 0) is 25.0 Å². The summed E-state index contributed by atoms with van der Waals surface area (Å²) in [6.07, 6.45) is 3.46. The van der Waals surface area contributed by atoms with E-state index in [1.54, 1.807) is 4.90 Å². The smallest absolute Gasteiger partial charge is 0.222 e. The van der Waals surface area contributed by atoms with Crippen molar-refractivity contribution in [3.8, 4) is 0 Å². The van der Waals surface area contributed by atoms with Crippen LogP contribution in [0.4, 0.5) is 0 Å². The summed E-state index contributed by atoms with van der Waals surface area (Å²) in [5, 5.41) is 3.45. The molecule has 1 fully saturated rings. The van der Waals surface area contributed by atoms with E-state index in [0.717, 1.165) is 25.2 Å². The molecule has 2 heterocycles. The van der Waals surface area contributed by atoms with Crippen LogP contribution in [0.3, 0.4) is 0 Å². The summed E-state index contributed by atoms with van der Waals surface area (Å²) in [5.74, 6) is 0.247. The van der Waals surface area contributed by atoms with Crippen molar-refractivity contribution in [3.05, 3.63) is 29.6 Å². The van der Waals surface area contributed by atoms with Crippen molar-refractivity contribution >= 4 is 5.91 Å². The Bertz CT molecular complexity index is 388. The molecule has 0 spiro atoms. The van der Waals surface area contributed by atoms with Gasteiger partial charge < -0.3 is 10.2 Å². The van der Waals surface area contributed by atoms with Crippen molar-refractivity contribution in [3.63, 3.8) is 0 Å². The summed E-state index contributed by atoms with van der Waals surface area (Å²) >= 11 is 0. The van der Waals surface area contributed by atoms with Gasteiger partial charge in [0.25, 0.3) is 0 Å². The highest BCUT2D eigenvalue weighted by atomic mass is 16.2. The average molecular weight is 233 g/mol. The molecule has 2 rings (SSSR count). The Hall–Kier alpha value is -1.42. The molecular formula is C13H19N3O. The molecule has 17 heavy (non-hydrogen) atoms. The fraction of sp³-hybridized carbons (Fsp3) is 0.538. The Kier molecular flexibility index (Phi) is 3.74. The highest BCUT2D eigenvalue weighted by Gasteiger charge is 2.22. The van der Waals surface area contributed by atoms with Crippen LogP contribution in [0, 0.1) is 6.92 Å². The number of nitrogens with zero attached hydrogens (tertiary/aromatic N) is 2. The van der Waals surface area contributed by atoms with E-state index in [4.69, 9.17) is 0 Å². The molecule has 1 aromatic heterocycles. The second-order valence-electron chi connectivity index (χ2n) is 4.72. The minimum Gasteiger partial charge on any atom is -0.344 e. The molecule has 1 aromatic rings. The molecule has 1 unspecified atom stereocenters. The molecule has 1 aliphatic rings. The van der Waals surface area contributed by atoms with Crippen LogP contribution in [0.1, 0.15) is 24.1 Å². The van der Waals surface area contributed by atoms with Crippen LogP contribution in [-0.2, 0) is 11.3 Å². The number of pyridine rings is 1. The molecule has 0 saturated carbocycles. The lowest BCUT2D eigenvalue weighted by Crippen LogP contribution is -2.46. The number of piperidine rings is 1. The third-order valence-corrected chi connectivity index (χ3v) is 3.17. The van der Waals surface area contributed by atoms with E-state index in [1.807, 2.05) is 26.2 Å². The van der Waals surface area contributed by atoms with Crippen molar-refractivity contribution in [2.45, 2.75) is 32.4 Å². The number of carbonyl (C=O) groups excluding carboxylic acids is 1. The zero-order chi connectivity index (χ0) is 12.3. The van der Waals surface area contributed by atoms with Gasteiger partial charge in [-0.25, -0.2) is 0 Å². The largest absolute Gasteiger partial charge is 0.344 e. The van der Waals surface area contributed by atoms with E-state index in [9.17, 15) is 4.79 Å². The van der Waals surface area contributed by atoms with Crippen LogP contribution < -0.4 is 5.32 Å². The van der Waals surface area contributed by atoms with Gasteiger partial charge in [0.05, 0.1) is 5.69 Å². The van der Waals surface area contributed by atoms with Gasteiger partial charge in [0.2, 0.25) is 5.91 Å². The molecule has 1 N–H and O–H groups in total. The Labute approximate surface area is 102 Å². The molecule has 0 aliphatic carbocycles. The van der Waals surface area contributed by atoms with E-state index >= 15 is 0 Å². The number of carbonyl (C=O) groups is 1. The van der Waals surface area contributed by atoms with Crippen LogP contribution in [-0.4, -0.2) is 35.4 Å². The molecule has 4 nitrogen and oxygen atoms in total. The van der Waals surface area contributed by atoms with E-state index < -0.39 is 0 Å². The van der Waals surface area contributed by atoms with Gasteiger partial charge in [-0.2, -0.15) is 0 Å². The van der Waals surface area contributed by atoms with Crippen LogP contribution in [0.15, 0.2) is 18.3 Å². The summed E-state index contributed by atoms with van der Waals surface area (Å²) in [4.78, 5) is 17.5. The Morgan fingerprint density at radius 1 is 1.53 bits per heavy atom. The lowest BCUT2D eigenvalue weighted by atomic mass is 10.1. The van der Waals surface area contributed by atoms with E-state index in [0.29, 0.717) is 12.5 Å². The molecule has 0 radical (unpaired) electrons. The number of aromatic nitrogens is 1. The average Bonchev–Trinajstić information content (AvgIpc) is 2.33. The Morgan fingerprint density at radius 3 is 3.00 bits per heavy atom. The minimum absolute atomic E-state index is 0.247. The zero-order valence-electron chi connectivity index (χ0n) is 10.4. The lowest BCUT2D eigenvalue weighted by molar-refractivity contribution is -0.132. The highest BCUT2D eigenvalue weighted by Crippen LogP contribution is 2.10. The van der Waals surface area contributed by atoms with E-state index in [1.165, 1.54) is 5.56 Å². The van der Waals surface area contributed by atoms with Crippen molar-refractivity contribution < 1.29 is 4.79 Å². The van der Waals surface area contributed by atoms with Crippen LogP contribution >= 0.6 is 0 Å². The number of rotatable bonds is 3. The third-order valence-electron chi connectivity index (χ3n) is 3.17. The summed E-state index contributed by atoms with van der Waals surface area (Å²) in [6.45, 7) is 3.60. The maximum Gasteiger partial charge on any atom is 0.222 e. The molecule has 92 valence electrons. The molecule has 1 saturated heterocycles. The normalized spacial score (nSPS) is 20.7. The predicted molar refractivity (Wildman–Crippen MR) is 66.5 cm³/mol. The van der Waals surface area contributed by atoms with E-state index in [2.05, 4.69) is 16.4 Å². The summed E-state index contributed by atoms with van der Waals surface area (Å²) in [7, 11) is 1.86. The van der Waals surface area contributed by atoms with Crippen molar-refractivity contribution in [1.29, 1.82) is 0 Å². The lowest BCUT2D eigenvalue weighted by Gasteiger charge is -2.30. The monoisotopic (exact) mass is 233 g/mol. The summed E-state index contributed by atoms with van der Waals surface area (Å²) in [6, 6.07) is 4.50. The number of likely N-dealkylation sites (N-methyl/N-ethyl adjacent to an activating group) is 1. The molecule has 0 bridgehead atoms. The molecule has 4 heteroatoms. The fourth-order valence-electron chi connectivity index (χ4n) is 2.03. The SMILES string of the molecule is Cc1ccc(CNC2CCC(=O)N(C)C2)nc1. The van der Waals surface area contributed by atoms with E-state index in [-0.39, 0.29) is 5.91 Å². The van der Waals surface area contributed by atoms with Crippen molar-refractivity contribution in [1.82, 2.24) is 15.2 Å². The fourth-order valence-corrected chi connectivity index (χ4v) is 2.03. The molecule has 1 atom stereocenters. The van der Waals surface area contributed by atoms with Crippen LogP contribution in [0.5, 0.6) is 0 Å². The summed E-state index contributed by atoms with van der Waals surface area (Å²) < 4.78 is 0. The second kappa shape index (κ2) is 5.27. The predicted octanol–water partition coefficient (Wildman–Crippen LogP) is 1.10. The standard InChI is InChI=1S/C13H19N3O/c1-10-3-4-11(14-7-10)8-15-12-5-6-13(17)16(2)9-12/h3-4,7,12,15H,5-6,8-9H2,1-2H3. The number of amides is 1. The van der Waals surface area contributed by atoms with Crippen LogP contribution in [0.2, 0.25) is 0 Å². The van der Waals surface area contributed by atoms with Crippen molar-refractivity contribution in [2.75, 3.05) is 13.6 Å².